The van der Waals surface area contributed by atoms with Gasteiger partial charge in [-0.3, -0.25) is 4.98 Å². The molecule has 0 aliphatic heterocycles. The largest absolute Gasteiger partial charge is 0.478 e. The molecule has 0 saturated carbocycles. The molecule has 3 aromatic rings. The van der Waals surface area contributed by atoms with Crippen LogP contribution >= 0.6 is 0 Å². The van der Waals surface area contributed by atoms with E-state index >= 15 is 0 Å². The maximum Gasteiger partial charge on any atom is 0.337 e. The number of fused-ring (bicyclic) bond motifs is 1. The Hall–Kier alpha value is -2.95. The van der Waals surface area contributed by atoms with Gasteiger partial charge in [0, 0.05) is 17.3 Å². The molecule has 0 saturated heterocycles. The second kappa shape index (κ2) is 5.20. The minimum absolute atomic E-state index is 0.115. The summed E-state index contributed by atoms with van der Waals surface area (Å²) in [5, 5.41) is 13.1. The number of anilines is 2. The number of halogens is 1. The number of hydrogen-bond acceptors (Lipinski definition) is 3. The van der Waals surface area contributed by atoms with Crippen molar-refractivity contribution in [3.05, 3.63) is 66.1 Å². The first kappa shape index (κ1) is 13.1. The van der Waals surface area contributed by atoms with Gasteiger partial charge in [0.1, 0.15) is 5.82 Å². The van der Waals surface area contributed by atoms with Crippen LogP contribution in [0.15, 0.2) is 54.7 Å². The van der Waals surface area contributed by atoms with Gasteiger partial charge in [-0.15, -0.1) is 0 Å². The van der Waals surface area contributed by atoms with Gasteiger partial charge < -0.3 is 10.4 Å². The second-order valence-electron chi connectivity index (χ2n) is 4.50. The summed E-state index contributed by atoms with van der Waals surface area (Å²) in [5.41, 5.74) is 1.73. The zero-order valence-electron chi connectivity index (χ0n) is 10.9. The summed E-state index contributed by atoms with van der Waals surface area (Å²) < 4.78 is 13.2. The van der Waals surface area contributed by atoms with Crippen molar-refractivity contribution >= 4 is 28.2 Å². The third-order valence-corrected chi connectivity index (χ3v) is 3.13. The number of nitrogens with zero attached hydrogens (tertiary/aromatic N) is 1. The second-order valence-corrected chi connectivity index (χ2v) is 4.50. The van der Waals surface area contributed by atoms with E-state index in [1.807, 2.05) is 24.3 Å². The SMILES string of the molecule is O=C(O)c1cc(F)ccc1Nc1ccnc2ccccc12. The molecular formula is C16H11FN2O2. The summed E-state index contributed by atoms with van der Waals surface area (Å²) in [6, 6.07) is 12.9. The number of aromatic nitrogens is 1. The van der Waals surface area contributed by atoms with Crippen LogP contribution in [0, 0.1) is 5.82 Å². The highest BCUT2D eigenvalue weighted by Gasteiger charge is 2.12. The van der Waals surface area contributed by atoms with E-state index in [1.54, 1.807) is 12.3 Å². The molecule has 3 rings (SSSR count). The van der Waals surface area contributed by atoms with Crippen molar-refractivity contribution in [1.29, 1.82) is 0 Å². The highest BCUT2D eigenvalue weighted by Crippen LogP contribution is 2.27. The summed E-state index contributed by atoms with van der Waals surface area (Å²) in [6.07, 6.45) is 1.63. The Morgan fingerprint density at radius 2 is 1.90 bits per heavy atom. The Labute approximate surface area is 119 Å². The smallest absolute Gasteiger partial charge is 0.337 e. The number of nitrogens with one attached hydrogen (secondary N) is 1. The Bertz CT molecular complexity index is 828. The summed E-state index contributed by atoms with van der Waals surface area (Å²) in [6.45, 7) is 0. The van der Waals surface area contributed by atoms with E-state index in [4.69, 9.17) is 5.11 Å². The zero-order valence-corrected chi connectivity index (χ0v) is 10.9. The first-order valence-corrected chi connectivity index (χ1v) is 6.29. The number of para-hydroxylation sites is 1. The summed E-state index contributed by atoms with van der Waals surface area (Å²) in [7, 11) is 0. The third-order valence-electron chi connectivity index (χ3n) is 3.13. The van der Waals surface area contributed by atoms with Crippen molar-refractivity contribution in [2.45, 2.75) is 0 Å². The standard InChI is InChI=1S/C16H11FN2O2/c17-10-5-6-14(12(9-10)16(20)21)19-15-7-8-18-13-4-2-1-3-11(13)15/h1-9H,(H,18,19)(H,20,21). The Balaban J connectivity index is 2.09. The minimum Gasteiger partial charge on any atom is -0.478 e. The molecule has 0 radical (unpaired) electrons. The van der Waals surface area contributed by atoms with Gasteiger partial charge in [0.25, 0.3) is 0 Å². The van der Waals surface area contributed by atoms with E-state index in [-0.39, 0.29) is 5.56 Å². The van der Waals surface area contributed by atoms with Gasteiger partial charge in [0.2, 0.25) is 0 Å². The summed E-state index contributed by atoms with van der Waals surface area (Å²) in [5.74, 6) is -1.77. The zero-order chi connectivity index (χ0) is 14.8. The molecule has 0 aliphatic rings. The average molecular weight is 282 g/mol. The molecule has 0 spiro atoms. The molecule has 0 atom stereocenters. The van der Waals surface area contributed by atoms with Crippen LogP contribution in [0.3, 0.4) is 0 Å². The van der Waals surface area contributed by atoms with Crippen molar-refractivity contribution in [2.75, 3.05) is 5.32 Å². The molecule has 104 valence electrons. The number of carbonyl (C=O) groups is 1. The van der Waals surface area contributed by atoms with Crippen LogP contribution in [0.5, 0.6) is 0 Å². The molecule has 0 fully saturated rings. The first-order chi connectivity index (χ1) is 10.1. The van der Waals surface area contributed by atoms with E-state index in [1.165, 1.54) is 12.1 Å². The van der Waals surface area contributed by atoms with Crippen molar-refractivity contribution < 1.29 is 14.3 Å². The number of carboxylic acids is 1. The minimum atomic E-state index is -1.18. The Morgan fingerprint density at radius 1 is 1.10 bits per heavy atom. The molecule has 0 unspecified atom stereocenters. The lowest BCUT2D eigenvalue weighted by Gasteiger charge is -2.11. The number of aromatic carboxylic acids is 1. The summed E-state index contributed by atoms with van der Waals surface area (Å²) >= 11 is 0. The maximum atomic E-state index is 13.2. The predicted molar refractivity (Wildman–Crippen MR) is 78.4 cm³/mol. The van der Waals surface area contributed by atoms with Gasteiger partial charge in [-0.1, -0.05) is 18.2 Å². The Morgan fingerprint density at radius 3 is 2.71 bits per heavy atom. The van der Waals surface area contributed by atoms with Crippen molar-refractivity contribution in [1.82, 2.24) is 4.98 Å². The van der Waals surface area contributed by atoms with Crippen LogP contribution in [0.2, 0.25) is 0 Å². The molecular weight excluding hydrogens is 271 g/mol. The summed E-state index contributed by atoms with van der Waals surface area (Å²) in [4.78, 5) is 15.4. The van der Waals surface area contributed by atoms with Crippen LogP contribution in [-0.2, 0) is 0 Å². The van der Waals surface area contributed by atoms with Crippen molar-refractivity contribution in [2.24, 2.45) is 0 Å². The number of pyridine rings is 1. The molecule has 0 bridgehead atoms. The number of hydrogen-bond donors (Lipinski definition) is 2. The van der Waals surface area contributed by atoms with Gasteiger partial charge in [-0.2, -0.15) is 0 Å². The van der Waals surface area contributed by atoms with Crippen LogP contribution in [-0.4, -0.2) is 16.1 Å². The fraction of sp³-hybridized carbons (Fsp3) is 0. The first-order valence-electron chi connectivity index (χ1n) is 6.29. The molecule has 2 aromatic carbocycles. The van der Waals surface area contributed by atoms with Gasteiger partial charge in [-0.25, -0.2) is 9.18 Å². The van der Waals surface area contributed by atoms with Gasteiger partial charge in [0.05, 0.1) is 16.8 Å². The molecule has 5 heteroatoms. The molecule has 21 heavy (non-hydrogen) atoms. The van der Waals surface area contributed by atoms with Crippen LogP contribution in [0.1, 0.15) is 10.4 Å². The van der Waals surface area contributed by atoms with E-state index < -0.39 is 11.8 Å². The van der Waals surface area contributed by atoms with Gasteiger partial charge in [-0.05, 0) is 30.3 Å². The van der Waals surface area contributed by atoms with Crippen molar-refractivity contribution in [3.8, 4) is 0 Å². The van der Waals surface area contributed by atoms with E-state index in [0.29, 0.717) is 5.69 Å². The number of carboxylic acid groups (broad SMARTS) is 1. The third kappa shape index (κ3) is 2.53. The van der Waals surface area contributed by atoms with Crippen LogP contribution < -0.4 is 5.32 Å². The lowest BCUT2D eigenvalue weighted by atomic mass is 10.1. The van der Waals surface area contributed by atoms with E-state index in [2.05, 4.69) is 10.3 Å². The lowest BCUT2D eigenvalue weighted by Crippen LogP contribution is -2.03. The highest BCUT2D eigenvalue weighted by molar-refractivity contribution is 5.98. The van der Waals surface area contributed by atoms with Crippen LogP contribution in [0.4, 0.5) is 15.8 Å². The molecule has 4 nitrogen and oxygen atoms in total. The molecule has 1 aromatic heterocycles. The number of benzene rings is 2. The highest BCUT2D eigenvalue weighted by atomic mass is 19.1. The maximum absolute atomic E-state index is 13.2. The van der Waals surface area contributed by atoms with Gasteiger partial charge in [0.15, 0.2) is 0 Å². The fourth-order valence-electron chi connectivity index (χ4n) is 2.15. The predicted octanol–water partition coefficient (Wildman–Crippen LogP) is 3.82. The van der Waals surface area contributed by atoms with E-state index in [9.17, 15) is 9.18 Å². The fourth-order valence-corrected chi connectivity index (χ4v) is 2.15. The quantitative estimate of drug-likeness (QED) is 0.766. The van der Waals surface area contributed by atoms with Gasteiger partial charge >= 0.3 is 5.97 Å². The molecule has 1 heterocycles. The monoisotopic (exact) mass is 282 g/mol. The Kier molecular flexibility index (Phi) is 3.23. The normalized spacial score (nSPS) is 10.5. The number of rotatable bonds is 3. The van der Waals surface area contributed by atoms with Crippen molar-refractivity contribution in [3.63, 3.8) is 0 Å². The van der Waals surface area contributed by atoms with E-state index in [0.717, 1.165) is 22.7 Å². The molecule has 0 amide bonds. The topological polar surface area (TPSA) is 62.2 Å². The molecule has 2 N–H and O–H groups in total. The lowest BCUT2D eigenvalue weighted by molar-refractivity contribution is 0.0697. The molecule has 0 aliphatic carbocycles. The van der Waals surface area contributed by atoms with Crippen LogP contribution in [0.25, 0.3) is 10.9 Å². The average Bonchev–Trinajstić information content (AvgIpc) is 2.49.